The third kappa shape index (κ3) is 4.60. The van der Waals surface area contributed by atoms with E-state index in [1.165, 1.54) is 32.4 Å². The van der Waals surface area contributed by atoms with Gasteiger partial charge in [-0.2, -0.15) is 0 Å². The van der Waals surface area contributed by atoms with Crippen molar-refractivity contribution in [2.45, 2.75) is 31.7 Å². The zero-order valence-corrected chi connectivity index (χ0v) is 18.5. The lowest BCUT2D eigenvalue weighted by atomic mass is 9.97. The van der Waals surface area contributed by atoms with Gasteiger partial charge in [-0.25, -0.2) is 4.68 Å². The van der Waals surface area contributed by atoms with Crippen molar-refractivity contribution < 1.29 is 4.79 Å². The zero-order valence-electron chi connectivity index (χ0n) is 18.5. The molecule has 166 valence electrons. The van der Waals surface area contributed by atoms with Crippen LogP contribution in [0.5, 0.6) is 0 Å². The van der Waals surface area contributed by atoms with Gasteiger partial charge in [-0.15, -0.1) is 5.10 Å². The van der Waals surface area contributed by atoms with Crippen LogP contribution in [0.1, 0.15) is 53.3 Å². The number of amides is 1. The lowest BCUT2D eigenvalue weighted by molar-refractivity contribution is 0.0642. The van der Waals surface area contributed by atoms with Crippen LogP contribution in [0, 0.1) is 5.92 Å². The van der Waals surface area contributed by atoms with Crippen molar-refractivity contribution >= 4 is 5.91 Å². The van der Waals surface area contributed by atoms with E-state index in [2.05, 4.69) is 39.5 Å². The number of hydrogen-bond acceptors (Lipinski definition) is 4. The quantitative estimate of drug-likeness (QED) is 0.597. The van der Waals surface area contributed by atoms with Gasteiger partial charge in [0, 0.05) is 19.6 Å². The minimum Gasteiger partial charge on any atom is -0.337 e. The molecule has 32 heavy (non-hydrogen) atoms. The molecule has 2 saturated heterocycles. The first-order valence-corrected chi connectivity index (χ1v) is 11.8. The average molecular weight is 430 g/mol. The normalized spacial score (nSPS) is 19.5. The fourth-order valence-corrected chi connectivity index (χ4v) is 5.16. The Morgan fingerprint density at radius 1 is 0.906 bits per heavy atom. The van der Waals surface area contributed by atoms with E-state index in [-0.39, 0.29) is 11.9 Å². The molecule has 3 heterocycles. The molecule has 0 radical (unpaired) electrons. The minimum atomic E-state index is -0.115. The largest absolute Gasteiger partial charge is 0.337 e. The molecular weight excluding hydrogens is 398 g/mol. The molecule has 2 aliphatic heterocycles. The van der Waals surface area contributed by atoms with Gasteiger partial charge in [0.2, 0.25) is 0 Å². The summed E-state index contributed by atoms with van der Waals surface area (Å²) in [6, 6.07) is 20.4. The number of carbonyl (C=O) groups excluding carboxylic acids is 1. The van der Waals surface area contributed by atoms with Crippen LogP contribution in [0.15, 0.2) is 66.9 Å². The Labute approximate surface area is 189 Å². The van der Waals surface area contributed by atoms with Crippen LogP contribution in [-0.4, -0.2) is 63.4 Å². The lowest BCUT2D eigenvalue weighted by Gasteiger charge is -2.34. The van der Waals surface area contributed by atoms with Crippen LogP contribution in [-0.2, 0) is 0 Å². The third-order valence-electron chi connectivity index (χ3n) is 6.75. The second kappa shape index (κ2) is 9.65. The highest BCUT2D eigenvalue weighted by Gasteiger charge is 2.29. The summed E-state index contributed by atoms with van der Waals surface area (Å²) in [5.41, 5.74) is 2.67. The highest BCUT2D eigenvalue weighted by atomic mass is 16.2. The number of likely N-dealkylation sites (tertiary alicyclic amines) is 2. The predicted molar refractivity (Wildman–Crippen MR) is 124 cm³/mol. The van der Waals surface area contributed by atoms with Crippen molar-refractivity contribution in [3.05, 3.63) is 83.7 Å². The first-order chi connectivity index (χ1) is 15.8. The van der Waals surface area contributed by atoms with Crippen molar-refractivity contribution in [3.63, 3.8) is 0 Å². The summed E-state index contributed by atoms with van der Waals surface area (Å²) in [6.45, 7) is 5.16. The maximum Gasteiger partial charge on any atom is 0.276 e. The van der Waals surface area contributed by atoms with Gasteiger partial charge >= 0.3 is 0 Å². The van der Waals surface area contributed by atoms with Gasteiger partial charge in [0.05, 0.1) is 6.20 Å². The van der Waals surface area contributed by atoms with Crippen LogP contribution >= 0.6 is 0 Å². The fourth-order valence-electron chi connectivity index (χ4n) is 5.16. The van der Waals surface area contributed by atoms with Gasteiger partial charge < -0.3 is 9.80 Å². The molecule has 1 aromatic heterocycles. The maximum absolute atomic E-state index is 13.3. The molecule has 1 atom stereocenters. The highest BCUT2D eigenvalue weighted by Crippen LogP contribution is 2.26. The average Bonchev–Trinajstić information content (AvgIpc) is 3.53. The molecule has 0 spiro atoms. The van der Waals surface area contributed by atoms with E-state index in [4.69, 9.17) is 0 Å². The summed E-state index contributed by atoms with van der Waals surface area (Å²) < 4.78 is 1.82. The molecule has 3 aromatic rings. The summed E-state index contributed by atoms with van der Waals surface area (Å²) in [7, 11) is 0. The molecule has 0 aliphatic carbocycles. The SMILES string of the molecule is O=C(c1cn(C(c2ccccc2)c2ccccc2)nn1)N1CCC[C@H](CN2CCCC2)C1. The number of rotatable bonds is 6. The van der Waals surface area contributed by atoms with Gasteiger partial charge in [-0.3, -0.25) is 4.79 Å². The molecule has 2 aliphatic rings. The van der Waals surface area contributed by atoms with Crippen molar-refractivity contribution in [2.24, 2.45) is 5.92 Å². The fraction of sp³-hybridized carbons (Fsp3) is 0.423. The summed E-state index contributed by atoms with van der Waals surface area (Å²) >= 11 is 0. The number of carbonyl (C=O) groups is 1. The number of hydrogen-bond donors (Lipinski definition) is 0. The van der Waals surface area contributed by atoms with E-state index >= 15 is 0 Å². The van der Waals surface area contributed by atoms with Gasteiger partial charge in [0.1, 0.15) is 6.04 Å². The minimum absolute atomic E-state index is 0.00208. The molecule has 0 bridgehead atoms. The summed E-state index contributed by atoms with van der Waals surface area (Å²) in [5, 5.41) is 8.70. The van der Waals surface area contributed by atoms with Crippen LogP contribution in [0.25, 0.3) is 0 Å². The van der Waals surface area contributed by atoms with Crippen LogP contribution in [0.3, 0.4) is 0 Å². The Balaban J connectivity index is 1.34. The van der Waals surface area contributed by atoms with Crippen molar-refractivity contribution in [1.29, 1.82) is 0 Å². The first kappa shape index (κ1) is 20.9. The van der Waals surface area contributed by atoms with E-state index < -0.39 is 0 Å². The third-order valence-corrected chi connectivity index (χ3v) is 6.75. The Kier molecular flexibility index (Phi) is 6.30. The second-order valence-electron chi connectivity index (χ2n) is 9.07. The number of nitrogens with zero attached hydrogens (tertiary/aromatic N) is 5. The van der Waals surface area contributed by atoms with Crippen molar-refractivity contribution in [3.8, 4) is 0 Å². The zero-order chi connectivity index (χ0) is 21.8. The Hall–Kier alpha value is -2.99. The van der Waals surface area contributed by atoms with Gasteiger partial charge in [0.15, 0.2) is 5.69 Å². The standard InChI is InChI=1S/C26H31N5O/c32-26(30-17-9-10-21(19-30)18-29-15-7-8-16-29)24-20-31(28-27-24)25(22-11-3-1-4-12-22)23-13-5-2-6-14-23/h1-6,11-14,20-21,25H,7-10,15-19H2/t21-/m1/s1. The summed E-state index contributed by atoms with van der Waals surface area (Å²) in [4.78, 5) is 17.8. The number of benzene rings is 2. The van der Waals surface area contributed by atoms with E-state index in [1.54, 1.807) is 0 Å². The summed E-state index contributed by atoms with van der Waals surface area (Å²) in [6.07, 6.45) is 6.70. The smallest absolute Gasteiger partial charge is 0.276 e. The lowest BCUT2D eigenvalue weighted by Crippen LogP contribution is -2.43. The second-order valence-corrected chi connectivity index (χ2v) is 9.07. The number of piperidine rings is 1. The highest BCUT2D eigenvalue weighted by molar-refractivity contribution is 5.92. The molecule has 0 saturated carbocycles. The van der Waals surface area contributed by atoms with Gasteiger partial charge in [0.25, 0.3) is 5.91 Å². The van der Waals surface area contributed by atoms with Crippen LogP contribution in [0.2, 0.25) is 0 Å². The van der Waals surface area contributed by atoms with Crippen LogP contribution < -0.4 is 0 Å². The topological polar surface area (TPSA) is 54.3 Å². The van der Waals surface area contributed by atoms with E-state index in [0.29, 0.717) is 11.6 Å². The molecule has 2 aromatic carbocycles. The molecule has 1 amide bonds. The summed E-state index contributed by atoms with van der Waals surface area (Å²) in [5.74, 6) is 0.560. The molecule has 0 unspecified atom stereocenters. The molecule has 2 fully saturated rings. The molecule has 5 rings (SSSR count). The van der Waals surface area contributed by atoms with E-state index in [0.717, 1.165) is 37.2 Å². The monoisotopic (exact) mass is 429 g/mol. The Morgan fingerprint density at radius 3 is 2.22 bits per heavy atom. The molecule has 6 nitrogen and oxygen atoms in total. The van der Waals surface area contributed by atoms with Crippen molar-refractivity contribution in [2.75, 3.05) is 32.7 Å². The Bertz CT molecular complexity index is 973. The van der Waals surface area contributed by atoms with Gasteiger partial charge in [-0.05, 0) is 55.8 Å². The van der Waals surface area contributed by atoms with E-state index in [9.17, 15) is 4.79 Å². The first-order valence-electron chi connectivity index (χ1n) is 11.8. The molecule has 0 N–H and O–H groups in total. The van der Waals surface area contributed by atoms with Gasteiger partial charge in [-0.1, -0.05) is 65.9 Å². The maximum atomic E-state index is 13.3. The van der Waals surface area contributed by atoms with Crippen LogP contribution in [0.4, 0.5) is 0 Å². The van der Waals surface area contributed by atoms with Crippen molar-refractivity contribution in [1.82, 2.24) is 24.8 Å². The predicted octanol–water partition coefficient (Wildman–Crippen LogP) is 3.86. The molecular formula is C26H31N5O. The molecule has 6 heteroatoms. The number of aromatic nitrogens is 3. The van der Waals surface area contributed by atoms with E-state index in [1.807, 2.05) is 52.2 Å². The Morgan fingerprint density at radius 2 is 1.56 bits per heavy atom.